The summed E-state index contributed by atoms with van der Waals surface area (Å²) in [5.74, 6) is 0.791. The lowest BCUT2D eigenvalue weighted by atomic mass is 9.97. The number of hydrogen-bond donors (Lipinski definition) is 2. The Bertz CT molecular complexity index is 320. The Balaban J connectivity index is 2.41. The van der Waals surface area contributed by atoms with E-state index in [4.69, 9.17) is 5.11 Å². The fourth-order valence-corrected chi connectivity index (χ4v) is 2.07. The van der Waals surface area contributed by atoms with Crippen LogP contribution in [0.25, 0.3) is 0 Å². The van der Waals surface area contributed by atoms with Crippen LogP contribution in [0.5, 0.6) is 0 Å². The predicted molar refractivity (Wildman–Crippen MR) is 77.4 cm³/mol. The van der Waals surface area contributed by atoms with Crippen molar-refractivity contribution in [2.75, 3.05) is 0 Å². The summed E-state index contributed by atoms with van der Waals surface area (Å²) in [5.41, 5.74) is 2.26. The van der Waals surface area contributed by atoms with Crippen LogP contribution in [-0.2, 0) is 13.2 Å². The van der Waals surface area contributed by atoms with Crippen LogP contribution in [0.4, 0.5) is 0 Å². The molecule has 2 atom stereocenters. The van der Waals surface area contributed by atoms with E-state index in [1.807, 2.05) is 12.1 Å². The molecule has 2 nitrogen and oxygen atoms in total. The second kappa shape index (κ2) is 8.28. The van der Waals surface area contributed by atoms with Gasteiger partial charge in [0.1, 0.15) is 0 Å². The molecule has 0 aliphatic rings. The van der Waals surface area contributed by atoms with E-state index in [1.165, 1.54) is 24.8 Å². The number of aliphatic hydroxyl groups excluding tert-OH is 1. The number of benzene rings is 1. The lowest BCUT2D eigenvalue weighted by molar-refractivity contribution is 0.282. The minimum absolute atomic E-state index is 0.124. The lowest BCUT2D eigenvalue weighted by Crippen LogP contribution is -2.29. The van der Waals surface area contributed by atoms with E-state index in [1.54, 1.807) is 0 Å². The van der Waals surface area contributed by atoms with Gasteiger partial charge in [0, 0.05) is 12.6 Å². The van der Waals surface area contributed by atoms with Crippen LogP contribution >= 0.6 is 0 Å². The van der Waals surface area contributed by atoms with Crippen LogP contribution in [0.1, 0.15) is 51.2 Å². The summed E-state index contributed by atoms with van der Waals surface area (Å²) in [4.78, 5) is 0. The molecule has 0 radical (unpaired) electrons. The Morgan fingerprint density at radius 3 is 2.17 bits per heavy atom. The molecule has 0 saturated heterocycles. The molecular weight excluding hydrogens is 222 g/mol. The fourth-order valence-electron chi connectivity index (χ4n) is 2.07. The van der Waals surface area contributed by atoms with Crippen molar-refractivity contribution in [1.82, 2.24) is 5.32 Å². The van der Waals surface area contributed by atoms with E-state index in [2.05, 4.69) is 38.2 Å². The van der Waals surface area contributed by atoms with Crippen molar-refractivity contribution in [1.29, 1.82) is 0 Å². The first-order valence-electron chi connectivity index (χ1n) is 7.11. The van der Waals surface area contributed by atoms with Gasteiger partial charge in [-0.05, 0) is 29.9 Å². The van der Waals surface area contributed by atoms with E-state index in [-0.39, 0.29) is 6.61 Å². The summed E-state index contributed by atoms with van der Waals surface area (Å²) < 4.78 is 0. The molecule has 0 saturated carbocycles. The summed E-state index contributed by atoms with van der Waals surface area (Å²) in [6.45, 7) is 7.86. The van der Waals surface area contributed by atoms with Crippen molar-refractivity contribution in [3.05, 3.63) is 35.4 Å². The summed E-state index contributed by atoms with van der Waals surface area (Å²) in [5, 5.41) is 12.6. The van der Waals surface area contributed by atoms with Crippen LogP contribution in [-0.4, -0.2) is 11.1 Å². The second-order valence-electron chi connectivity index (χ2n) is 5.21. The molecule has 0 heterocycles. The first kappa shape index (κ1) is 15.2. The average molecular weight is 249 g/mol. The van der Waals surface area contributed by atoms with Gasteiger partial charge in [-0.15, -0.1) is 0 Å². The average Bonchev–Trinajstić information content (AvgIpc) is 2.43. The Morgan fingerprint density at radius 2 is 1.67 bits per heavy atom. The standard InChI is InChI=1S/C16H27NO/c1-4-13(3)10-16(5-2)17-11-14-6-8-15(12-18)9-7-14/h6-9,13,16-18H,4-5,10-12H2,1-3H3. The first-order valence-corrected chi connectivity index (χ1v) is 7.11. The van der Waals surface area contributed by atoms with Crippen molar-refractivity contribution < 1.29 is 5.11 Å². The number of nitrogens with one attached hydrogen (secondary N) is 1. The van der Waals surface area contributed by atoms with Crippen LogP contribution in [0.2, 0.25) is 0 Å². The Hall–Kier alpha value is -0.860. The summed E-state index contributed by atoms with van der Waals surface area (Å²) in [6, 6.07) is 8.78. The molecule has 0 bridgehead atoms. The molecule has 2 heteroatoms. The molecule has 18 heavy (non-hydrogen) atoms. The van der Waals surface area contributed by atoms with Crippen molar-refractivity contribution in [3.63, 3.8) is 0 Å². The highest BCUT2D eigenvalue weighted by atomic mass is 16.3. The third kappa shape index (κ3) is 5.19. The fraction of sp³-hybridized carbons (Fsp3) is 0.625. The first-order chi connectivity index (χ1) is 8.69. The Kier molecular flexibility index (Phi) is 6.99. The van der Waals surface area contributed by atoms with Gasteiger partial charge in [-0.1, -0.05) is 51.5 Å². The number of aliphatic hydroxyl groups is 1. The maximum absolute atomic E-state index is 9.00. The maximum atomic E-state index is 9.00. The van der Waals surface area contributed by atoms with Crippen molar-refractivity contribution in [2.24, 2.45) is 5.92 Å². The van der Waals surface area contributed by atoms with Crippen molar-refractivity contribution >= 4 is 0 Å². The summed E-state index contributed by atoms with van der Waals surface area (Å²) >= 11 is 0. The number of rotatable bonds is 8. The summed E-state index contributed by atoms with van der Waals surface area (Å²) in [6.07, 6.45) is 3.68. The molecule has 0 amide bonds. The van der Waals surface area contributed by atoms with Gasteiger partial charge in [0.05, 0.1) is 6.61 Å². The van der Waals surface area contributed by atoms with E-state index >= 15 is 0 Å². The third-order valence-electron chi connectivity index (χ3n) is 3.68. The van der Waals surface area contributed by atoms with Crippen LogP contribution in [0, 0.1) is 5.92 Å². The highest BCUT2D eigenvalue weighted by molar-refractivity contribution is 5.21. The largest absolute Gasteiger partial charge is 0.392 e. The molecule has 0 aliphatic heterocycles. The normalized spacial score (nSPS) is 14.4. The quantitative estimate of drug-likeness (QED) is 0.739. The van der Waals surface area contributed by atoms with Crippen molar-refractivity contribution in [2.45, 2.75) is 59.2 Å². The van der Waals surface area contributed by atoms with Gasteiger partial charge in [0.25, 0.3) is 0 Å². The monoisotopic (exact) mass is 249 g/mol. The van der Waals surface area contributed by atoms with Gasteiger partial charge in [-0.3, -0.25) is 0 Å². The molecular formula is C16H27NO. The molecule has 102 valence electrons. The topological polar surface area (TPSA) is 32.3 Å². The molecule has 1 rings (SSSR count). The van der Waals surface area contributed by atoms with E-state index in [9.17, 15) is 0 Å². The molecule has 0 aliphatic carbocycles. The van der Waals surface area contributed by atoms with Gasteiger partial charge < -0.3 is 10.4 Å². The SMILES string of the molecule is CCC(C)CC(CC)NCc1ccc(CO)cc1. The molecule has 0 fully saturated rings. The number of hydrogen-bond acceptors (Lipinski definition) is 2. The summed E-state index contributed by atoms with van der Waals surface area (Å²) in [7, 11) is 0. The highest BCUT2D eigenvalue weighted by Crippen LogP contribution is 2.13. The van der Waals surface area contributed by atoms with Gasteiger partial charge in [0.15, 0.2) is 0 Å². The predicted octanol–water partition coefficient (Wildman–Crippen LogP) is 3.48. The molecule has 2 unspecified atom stereocenters. The van der Waals surface area contributed by atoms with Gasteiger partial charge in [0.2, 0.25) is 0 Å². The Labute approximate surface area is 111 Å². The van der Waals surface area contributed by atoms with Gasteiger partial charge in [-0.25, -0.2) is 0 Å². The van der Waals surface area contributed by atoms with E-state index < -0.39 is 0 Å². The molecule has 0 aromatic heterocycles. The van der Waals surface area contributed by atoms with Crippen LogP contribution in [0.3, 0.4) is 0 Å². The Morgan fingerprint density at radius 1 is 1.06 bits per heavy atom. The molecule has 1 aromatic carbocycles. The third-order valence-corrected chi connectivity index (χ3v) is 3.68. The maximum Gasteiger partial charge on any atom is 0.0681 e. The van der Waals surface area contributed by atoms with Crippen LogP contribution in [0.15, 0.2) is 24.3 Å². The zero-order valence-corrected chi connectivity index (χ0v) is 11.9. The zero-order valence-electron chi connectivity index (χ0n) is 11.9. The molecule has 1 aromatic rings. The lowest BCUT2D eigenvalue weighted by Gasteiger charge is -2.20. The van der Waals surface area contributed by atoms with Crippen molar-refractivity contribution in [3.8, 4) is 0 Å². The smallest absolute Gasteiger partial charge is 0.0681 e. The second-order valence-corrected chi connectivity index (χ2v) is 5.21. The van der Waals surface area contributed by atoms with Crippen LogP contribution < -0.4 is 5.32 Å². The zero-order chi connectivity index (χ0) is 13.4. The molecule has 0 spiro atoms. The van der Waals surface area contributed by atoms with E-state index in [0.717, 1.165) is 18.0 Å². The van der Waals surface area contributed by atoms with Gasteiger partial charge >= 0.3 is 0 Å². The minimum atomic E-state index is 0.124. The molecule has 2 N–H and O–H groups in total. The minimum Gasteiger partial charge on any atom is -0.392 e. The van der Waals surface area contributed by atoms with Gasteiger partial charge in [-0.2, -0.15) is 0 Å². The highest BCUT2D eigenvalue weighted by Gasteiger charge is 2.09. The van der Waals surface area contributed by atoms with E-state index in [0.29, 0.717) is 6.04 Å².